The van der Waals surface area contributed by atoms with Crippen molar-refractivity contribution in [2.24, 2.45) is 0 Å². The van der Waals surface area contributed by atoms with Crippen LogP contribution < -0.4 is 4.74 Å². The van der Waals surface area contributed by atoms with Crippen molar-refractivity contribution in [2.45, 2.75) is 29.6 Å². The molecule has 0 saturated heterocycles. The highest BCUT2D eigenvalue weighted by atomic mass is 32.2. The zero-order valence-corrected chi connectivity index (χ0v) is 17.2. The summed E-state index contributed by atoms with van der Waals surface area (Å²) < 4.78 is 49.3. The van der Waals surface area contributed by atoms with Crippen LogP contribution in [0.4, 0.5) is 4.39 Å². The minimum atomic E-state index is -3.49. The molecule has 1 aliphatic rings. The van der Waals surface area contributed by atoms with Crippen molar-refractivity contribution >= 4 is 16.0 Å². The fourth-order valence-electron chi connectivity index (χ4n) is 3.26. The first kappa shape index (κ1) is 21.3. The van der Waals surface area contributed by atoms with Crippen LogP contribution in [0.1, 0.15) is 24.8 Å². The molecule has 0 N–H and O–H groups in total. The number of carbonyl (C=O) groups excluding carboxylic acids is 1. The van der Waals surface area contributed by atoms with Crippen molar-refractivity contribution in [1.82, 2.24) is 4.31 Å². The third-order valence-corrected chi connectivity index (χ3v) is 7.01. The van der Waals surface area contributed by atoms with Crippen LogP contribution >= 0.6 is 0 Å². The summed E-state index contributed by atoms with van der Waals surface area (Å²) in [6.07, 6.45) is 2.28. The topological polar surface area (TPSA) is 72.9 Å². The highest BCUT2D eigenvalue weighted by Gasteiger charge is 2.47. The van der Waals surface area contributed by atoms with Crippen molar-refractivity contribution in [3.8, 4) is 5.75 Å². The summed E-state index contributed by atoms with van der Waals surface area (Å²) in [5.41, 5.74) is 0.0735. The number of hydrogen-bond acceptors (Lipinski definition) is 5. The van der Waals surface area contributed by atoms with Gasteiger partial charge in [0.1, 0.15) is 24.8 Å². The molecule has 0 amide bonds. The van der Waals surface area contributed by atoms with Crippen LogP contribution in [-0.4, -0.2) is 46.0 Å². The number of nitrogens with zero attached hydrogens (tertiary/aromatic N) is 1. The molecule has 0 atom stereocenters. The molecule has 29 heavy (non-hydrogen) atoms. The van der Waals surface area contributed by atoms with Gasteiger partial charge in [0.05, 0.1) is 10.3 Å². The van der Waals surface area contributed by atoms with E-state index in [0.29, 0.717) is 18.6 Å². The monoisotopic (exact) mass is 421 g/mol. The lowest BCUT2D eigenvalue weighted by molar-refractivity contribution is -0.155. The molecule has 0 unspecified atom stereocenters. The van der Waals surface area contributed by atoms with Gasteiger partial charge in [-0.05, 0) is 54.8 Å². The smallest absolute Gasteiger partial charge is 0.316 e. The van der Waals surface area contributed by atoms with Gasteiger partial charge in [-0.15, -0.1) is 0 Å². The lowest BCUT2D eigenvalue weighted by Crippen LogP contribution is -2.44. The molecule has 0 heterocycles. The van der Waals surface area contributed by atoms with Gasteiger partial charge in [-0.2, -0.15) is 0 Å². The second-order valence-electron chi connectivity index (χ2n) is 7.19. The average molecular weight is 421 g/mol. The second kappa shape index (κ2) is 8.51. The molecule has 156 valence electrons. The number of sulfonamides is 1. The maximum absolute atomic E-state index is 13.2. The summed E-state index contributed by atoms with van der Waals surface area (Å²) in [5.74, 6) is -0.184. The van der Waals surface area contributed by atoms with Gasteiger partial charge in [0.25, 0.3) is 0 Å². The van der Waals surface area contributed by atoms with Gasteiger partial charge in [0.15, 0.2) is 0 Å². The lowest BCUT2D eigenvalue weighted by Gasteiger charge is -2.39. The highest BCUT2D eigenvalue weighted by Crippen LogP contribution is 2.44. The molecule has 1 fully saturated rings. The van der Waals surface area contributed by atoms with Crippen LogP contribution in [0.5, 0.6) is 5.75 Å². The molecule has 1 saturated carbocycles. The molecule has 3 rings (SSSR count). The van der Waals surface area contributed by atoms with E-state index in [-0.39, 0.29) is 29.9 Å². The molecular formula is C21H24FNO5S. The number of rotatable bonds is 8. The van der Waals surface area contributed by atoms with Gasteiger partial charge in [-0.1, -0.05) is 18.6 Å². The van der Waals surface area contributed by atoms with Crippen molar-refractivity contribution in [2.75, 3.05) is 27.3 Å². The van der Waals surface area contributed by atoms with Crippen molar-refractivity contribution in [1.29, 1.82) is 0 Å². The fourth-order valence-corrected chi connectivity index (χ4v) is 4.16. The molecule has 0 aliphatic heterocycles. The number of hydrogen-bond donors (Lipinski definition) is 0. The van der Waals surface area contributed by atoms with E-state index in [2.05, 4.69) is 0 Å². The van der Waals surface area contributed by atoms with Crippen LogP contribution in [0.15, 0.2) is 53.4 Å². The van der Waals surface area contributed by atoms with E-state index < -0.39 is 15.4 Å². The minimum absolute atomic E-state index is 0.0690. The number of carbonyl (C=O) groups is 1. The quantitative estimate of drug-likeness (QED) is 0.484. The van der Waals surface area contributed by atoms with E-state index in [1.165, 1.54) is 38.4 Å². The molecule has 6 nitrogen and oxygen atoms in total. The normalized spacial score (nSPS) is 15.6. The van der Waals surface area contributed by atoms with E-state index >= 15 is 0 Å². The summed E-state index contributed by atoms with van der Waals surface area (Å²) in [7, 11) is -0.553. The Morgan fingerprint density at radius 3 is 2.17 bits per heavy atom. The fraction of sp³-hybridized carbons (Fsp3) is 0.381. The molecule has 0 spiro atoms. The average Bonchev–Trinajstić information content (AvgIpc) is 2.66. The first-order valence-corrected chi connectivity index (χ1v) is 10.8. The maximum Gasteiger partial charge on any atom is 0.316 e. The Morgan fingerprint density at radius 1 is 1.03 bits per heavy atom. The van der Waals surface area contributed by atoms with Crippen LogP contribution in [0.3, 0.4) is 0 Å². The van der Waals surface area contributed by atoms with Gasteiger partial charge >= 0.3 is 5.97 Å². The van der Waals surface area contributed by atoms with Crippen LogP contribution in [0, 0.1) is 5.82 Å². The Kier molecular flexibility index (Phi) is 6.24. The first-order chi connectivity index (χ1) is 13.8. The summed E-state index contributed by atoms with van der Waals surface area (Å²) in [4.78, 5) is 12.8. The minimum Gasteiger partial charge on any atom is -0.490 e. The van der Waals surface area contributed by atoms with Crippen molar-refractivity contribution < 1.29 is 27.1 Å². The predicted octanol–water partition coefficient (Wildman–Crippen LogP) is 3.12. The summed E-state index contributed by atoms with van der Waals surface area (Å²) in [6.45, 7) is 0.213. The van der Waals surface area contributed by atoms with E-state index in [4.69, 9.17) is 9.47 Å². The molecule has 2 aromatic rings. The summed E-state index contributed by atoms with van der Waals surface area (Å²) in [6, 6.07) is 12.0. The molecule has 0 bridgehead atoms. The lowest BCUT2D eigenvalue weighted by atomic mass is 9.64. The third kappa shape index (κ3) is 4.43. The first-order valence-electron chi connectivity index (χ1n) is 9.34. The standard InChI is InChI=1S/C21H24FNO5S/c1-23(2)29(25,26)19-10-8-18(9-11-19)27-14-15-28-20(24)21(12-3-13-21)16-4-6-17(22)7-5-16/h4-11H,3,12-15H2,1-2H3. The molecule has 8 heteroatoms. The molecule has 0 aromatic heterocycles. The Hall–Kier alpha value is -2.45. The Morgan fingerprint density at radius 2 is 1.66 bits per heavy atom. The number of halogens is 1. The summed E-state index contributed by atoms with van der Waals surface area (Å²) >= 11 is 0. The van der Waals surface area contributed by atoms with Crippen LogP contribution in [0.2, 0.25) is 0 Å². The largest absolute Gasteiger partial charge is 0.490 e. The van der Waals surface area contributed by atoms with Crippen molar-refractivity contribution in [3.05, 3.63) is 59.9 Å². The van der Waals surface area contributed by atoms with Crippen molar-refractivity contribution in [3.63, 3.8) is 0 Å². The van der Waals surface area contributed by atoms with Gasteiger partial charge in [-0.3, -0.25) is 4.79 Å². The Bertz CT molecular complexity index is 952. The predicted molar refractivity (Wildman–Crippen MR) is 106 cm³/mol. The summed E-state index contributed by atoms with van der Waals surface area (Å²) in [5, 5.41) is 0. The maximum atomic E-state index is 13.2. The number of benzene rings is 2. The second-order valence-corrected chi connectivity index (χ2v) is 9.34. The number of ether oxygens (including phenoxy) is 2. The third-order valence-electron chi connectivity index (χ3n) is 5.18. The van der Waals surface area contributed by atoms with Crippen LogP contribution in [0.25, 0.3) is 0 Å². The Labute approximate surface area is 170 Å². The van der Waals surface area contributed by atoms with Gasteiger partial charge in [0.2, 0.25) is 10.0 Å². The molecular weight excluding hydrogens is 397 g/mol. The zero-order valence-electron chi connectivity index (χ0n) is 16.4. The van der Waals surface area contributed by atoms with Crippen LogP contribution in [-0.2, 0) is 25.0 Å². The molecule has 1 aliphatic carbocycles. The van der Waals surface area contributed by atoms with Gasteiger partial charge in [-0.25, -0.2) is 17.1 Å². The zero-order chi connectivity index (χ0) is 21.1. The Balaban J connectivity index is 1.52. The van der Waals surface area contributed by atoms with Gasteiger partial charge < -0.3 is 9.47 Å². The molecule has 0 radical (unpaired) electrons. The highest BCUT2D eigenvalue weighted by molar-refractivity contribution is 7.89. The van der Waals surface area contributed by atoms with E-state index in [1.54, 1.807) is 24.3 Å². The number of esters is 1. The molecule has 2 aromatic carbocycles. The van der Waals surface area contributed by atoms with E-state index in [0.717, 1.165) is 16.3 Å². The van der Waals surface area contributed by atoms with E-state index in [1.807, 2.05) is 0 Å². The SMILES string of the molecule is CN(C)S(=O)(=O)c1ccc(OCCOC(=O)C2(c3ccc(F)cc3)CCC2)cc1. The van der Waals surface area contributed by atoms with E-state index in [9.17, 15) is 17.6 Å². The van der Waals surface area contributed by atoms with Gasteiger partial charge in [0, 0.05) is 14.1 Å².